The molecule has 0 aliphatic carbocycles. The van der Waals surface area contributed by atoms with Crippen molar-refractivity contribution in [1.29, 1.82) is 0 Å². The molecule has 112 valence electrons. The van der Waals surface area contributed by atoms with Gasteiger partial charge in [-0.25, -0.2) is 0 Å². The molecule has 0 heterocycles. The molecule has 0 saturated carbocycles. The van der Waals surface area contributed by atoms with Crippen molar-refractivity contribution >= 4 is 23.2 Å². The van der Waals surface area contributed by atoms with Gasteiger partial charge >= 0.3 is 0 Å². The van der Waals surface area contributed by atoms with E-state index in [9.17, 15) is 9.59 Å². The number of allylic oxidation sites excluding steroid dienone is 3. The lowest BCUT2D eigenvalue weighted by Crippen LogP contribution is -2.18. The first-order chi connectivity index (χ1) is 9.93. The van der Waals surface area contributed by atoms with Gasteiger partial charge in [0.15, 0.2) is 0 Å². The molecule has 1 aromatic carbocycles. The largest absolute Gasteiger partial charge is 0.326 e. The van der Waals surface area contributed by atoms with Gasteiger partial charge in [0.25, 0.3) is 0 Å². The van der Waals surface area contributed by atoms with Gasteiger partial charge in [0, 0.05) is 23.4 Å². The third-order valence-electron chi connectivity index (χ3n) is 2.84. The van der Waals surface area contributed by atoms with E-state index in [0.29, 0.717) is 11.4 Å². The van der Waals surface area contributed by atoms with E-state index in [4.69, 9.17) is 0 Å². The molecular formula is C17H22N2O2. The van der Waals surface area contributed by atoms with Crippen molar-refractivity contribution in [1.82, 2.24) is 0 Å². The van der Waals surface area contributed by atoms with Gasteiger partial charge in [-0.15, -0.1) is 0 Å². The molecule has 2 amide bonds. The van der Waals surface area contributed by atoms with E-state index in [1.807, 2.05) is 45.9 Å². The van der Waals surface area contributed by atoms with E-state index in [1.165, 1.54) is 6.08 Å². The maximum absolute atomic E-state index is 11.8. The summed E-state index contributed by atoms with van der Waals surface area (Å²) in [6, 6.07) is 5.44. The molecule has 0 unspecified atom stereocenters. The van der Waals surface area contributed by atoms with Crippen molar-refractivity contribution in [3.05, 3.63) is 48.1 Å². The molecule has 0 aromatic heterocycles. The minimum Gasteiger partial charge on any atom is -0.326 e. The fourth-order valence-electron chi connectivity index (χ4n) is 1.55. The third kappa shape index (κ3) is 5.65. The quantitative estimate of drug-likeness (QED) is 0.641. The number of anilines is 2. The normalized spacial score (nSPS) is 11.3. The molecule has 0 spiro atoms. The van der Waals surface area contributed by atoms with Crippen molar-refractivity contribution in [2.24, 2.45) is 5.92 Å². The van der Waals surface area contributed by atoms with Crippen molar-refractivity contribution in [2.75, 3.05) is 10.6 Å². The Labute approximate surface area is 125 Å². The Morgan fingerprint density at radius 2 is 1.86 bits per heavy atom. The Kier molecular flexibility index (Phi) is 6.40. The smallest absolute Gasteiger partial charge is 0.248 e. The molecule has 0 fully saturated rings. The summed E-state index contributed by atoms with van der Waals surface area (Å²) in [4.78, 5) is 23.4. The molecule has 0 aliphatic rings. The van der Waals surface area contributed by atoms with E-state index in [-0.39, 0.29) is 17.7 Å². The zero-order chi connectivity index (χ0) is 15.8. The molecule has 21 heavy (non-hydrogen) atoms. The molecule has 0 saturated heterocycles. The number of hydrogen-bond acceptors (Lipinski definition) is 2. The second-order valence-corrected chi connectivity index (χ2v) is 5.05. The average molecular weight is 286 g/mol. The molecule has 0 bridgehead atoms. The molecule has 0 atom stereocenters. The molecule has 4 nitrogen and oxygen atoms in total. The van der Waals surface area contributed by atoms with E-state index >= 15 is 0 Å². The summed E-state index contributed by atoms with van der Waals surface area (Å²) in [5.41, 5.74) is 2.30. The van der Waals surface area contributed by atoms with Gasteiger partial charge in [-0.3, -0.25) is 9.59 Å². The highest BCUT2D eigenvalue weighted by atomic mass is 16.2. The Morgan fingerprint density at radius 1 is 1.14 bits per heavy atom. The first-order valence-electron chi connectivity index (χ1n) is 6.96. The highest BCUT2D eigenvalue weighted by Gasteiger charge is 2.09. The topological polar surface area (TPSA) is 58.2 Å². The summed E-state index contributed by atoms with van der Waals surface area (Å²) in [5.74, 6) is -0.347. The van der Waals surface area contributed by atoms with Crippen LogP contribution in [0.15, 0.2) is 42.5 Å². The Hall–Kier alpha value is -2.36. The van der Waals surface area contributed by atoms with Crippen LogP contribution in [-0.2, 0) is 9.59 Å². The number of carbonyl (C=O) groups is 2. The standard InChI is InChI=1S/C17H22N2O2/c1-5-6-7-8-16(20)19-15-11-14(10-9-13(15)4)18-17(21)12(2)3/h5-12H,1-4H3,(H,18,21)(H,19,20). The number of amides is 2. The maximum Gasteiger partial charge on any atom is 0.248 e. The van der Waals surface area contributed by atoms with Crippen LogP contribution in [0.5, 0.6) is 0 Å². The molecule has 2 N–H and O–H groups in total. The van der Waals surface area contributed by atoms with Crippen molar-refractivity contribution < 1.29 is 9.59 Å². The summed E-state index contributed by atoms with van der Waals surface area (Å²) < 4.78 is 0. The second kappa shape index (κ2) is 8.04. The minimum absolute atomic E-state index is 0.0518. The molecular weight excluding hydrogens is 264 g/mol. The van der Waals surface area contributed by atoms with Crippen LogP contribution in [0.25, 0.3) is 0 Å². The van der Waals surface area contributed by atoms with Gasteiger partial charge in [0.2, 0.25) is 11.8 Å². The first kappa shape index (κ1) is 16.7. The van der Waals surface area contributed by atoms with Gasteiger partial charge in [-0.05, 0) is 31.5 Å². The zero-order valence-corrected chi connectivity index (χ0v) is 12.9. The SMILES string of the molecule is CC=CC=CC(=O)Nc1cc(NC(=O)C(C)C)ccc1C. The van der Waals surface area contributed by atoms with Crippen LogP contribution in [-0.4, -0.2) is 11.8 Å². The second-order valence-electron chi connectivity index (χ2n) is 5.05. The van der Waals surface area contributed by atoms with Gasteiger partial charge < -0.3 is 10.6 Å². The number of nitrogens with one attached hydrogen (secondary N) is 2. The highest BCUT2D eigenvalue weighted by molar-refractivity contribution is 6.01. The van der Waals surface area contributed by atoms with Crippen LogP contribution >= 0.6 is 0 Å². The summed E-state index contributed by atoms with van der Waals surface area (Å²) in [5, 5.41) is 5.62. The van der Waals surface area contributed by atoms with Gasteiger partial charge in [-0.2, -0.15) is 0 Å². The zero-order valence-electron chi connectivity index (χ0n) is 12.9. The van der Waals surface area contributed by atoms with Crippen LogP contribution < -0.4 is 10.6 Å². The van der Waals surface area contributed by atoms with Crippen molar-refractivity contribution in [3.63, 3.8) is 0 Å². The fraction of sp³-hybridized carbons (Fsp3) is 0.294. The van der Waals surface area contributed by atoms with Gasteiger partial charge in [0.05, 0.1) is 0 Å². The number of rotatable bonds is 5. The Bertz CT molecular complexity index is 572. The van der Waals surface area contributed by atoms with Gasteiger partial charge in [0.1, 0.15) is 0 Å². The lowest BCUT2D eigenvalue weighted by Gasteiger charge is -2.11. The summed E-state index contributed by atoms with van der Waals surface area (Å²) in [6.07, 6.45) is 6.76. The molecule has 1 aromatic rings. The molecule has 4 heteroatoms. The van der Waals surface area contributed by atoms with Crippen LogP contribution in [0.4, 0.5) is 11.4 Å². The summed E-state index contributed by atoms with van der Waals surface area (Å²) in [6.45, 7) is 7.45. The number of hydrogen-bond donors (Lipinski definition) is 2. The van der Waals surface area contributed by atoms with Crippen LogP contribution in [0.1, 0.15) is 26.3 Å². The first-order valence-corrected chi connectivity index (χ1v) is 6.96. The maximum atomic E-state index is 11.8. The van der Waals surface area contributed by atoms with Crippen LogP contribution in [0, 0.1) is 12.8 Å². The predicted octanol–water partition coefficient (Wildman–Crippen LogP) is 3.66. The molecule has 0 radical (unpaired) electrons. The number of carbonyl (C=O) groups excluding carboxylic acids is 2. The van der Waals surface area contributed by atoms with Crippen LogP contribution in [0.2, 0.25) is 0 Å². The van der Waals surface area contributed by atoms with Crippen molar-refractivity contribution in [3.8, 4) is 0 Å². The van der Waals surface area contributed by atoms with E-state index in [1.54, 1.807) is 18.2 Å². The van der Waals surface area contributed by atoms with Gasteiger partial charge in [-0.1, -0.05) is 38.1 Å². The Balaban J connectivity index is 2.82. The summed E-state index contributed by atoms with van der Waals surface area (Å²) in [7, 11) is 0. The fourth-order valence-corrected chi connectivity index (χ4v) is 1.55. The van der Waals surface area contributed by atoms with Crippen LogP contribution in [0.3, 0.4) is 0 Å². The number of benzene rings is 1. The van der Waals surface area contributed by atoms with Crippen molar-refractivity contribution in [2.45, 2.75) is 27.7 Å². The lowest BCUT2D eigenvalue weighted by molar-refractivity contribution is -0.119. The third-order valence-corrected chi connectivity index (χ3v) is 2.84. The average Bonchev–Trinajstić information content (AvgIpc) is 2.42. The highest BCUT2D eigenvalue weighted by Crippen LogP contribution is 2.20. The predicted molar refractivity (Wildman–Crippen MR) is 87.2 cm³/mol. The van der Waals surface area contributed by atoms with E-state index in [0.717, 1.165) is 5.56 Å². The number of aryl methyl sites for hydroxylation is 1. The van der Waals surface area contributed by atoms with E-state index in [2.05, 4.69) is 10.6 Å². The summed E-state index contributed by atoms with van der Waals surface area (Å²) >= 11 is 0. The van der Waals surface area contributed by atoms with E-state index < -0.39 is 0 Å². The minimum atomic E-state index is -0.205. The lowest BCUT2D eigenvalue weighted by atomic mass is 10.1. The molecule has 0 aliphatic heterocycles. The Morgan fingerprint density at radius 3 is 2.48 bits per heavy atom. The monoisotopic (exact) mass is 286 g/mol. The molecule has 1 rings (SSSR count).